The lowest BCUT2D eigenvalue weighted by atomic mass is 9.98. The molecular formula is C30H23BrN4O. The number of anilines is 1. The number of rotatable bonds is 5. The quantitative estimate of drug-likeness (QED) is 0.235. The van der Waals surface area contributed by atoms with Gasteiger partial charge in [0.25, 0.3) is 0 Å². The van der Waals surface area contributed by atoms with E-state index in [9.17, 15) is 0 Å². The predicted molar refractivity (Wildman–Crippen MR) is 148 cm³/mol. The van der Waals surface area contributed by atoms with Crippen molar-refractivity contribution in [1.82, 2.24) is 9.97 Å². The van der Waals surface area contributed by atoms with E-state index in [1.807, 2.05) is 65.7 Å². The summed E-state index contributed by atoms with van der Waals surface area (Å²) in [5, 5.41) is 8.04. The Bertz CT molecular complexity index is 1550. The van der Waals surface area contributed by atoms with Gasteiger partial charge in [0.2, 0.25) is 5.95 Å². The second-order valence-corrected chi connectivity index (χ2v) is 9.57. The van der Waals surface area contributed by atoms with Crippen LogP contribution < -0.4 is 9.75 Å². The third kappa shape index (κ3) is 4.25. The van der Waals surface area contributed by atoms with Crippen molar-refractivity contribution >= 4 is 38.5 Å². The summed E-state index contributed by atoms with van der Waals surface area (Å²) in [4.78, 5) is 10.1. The lowest BCUT2D eigenvalue weighted by Gasteiger charge is -2.23. The van der Waals surface area contributed by atoms with Gasteiger partial charge in [0.15, 0.2) is 0 Å². The van der Waals surface area contributed by atoms with Crippen LogP contribution in [0.3, 0.4) is 0 Å². The summed E-state index contributed by atoms with van der Waals surface area (Å²) in [6.07, 6.45) is 0.749. The Labute approximate surface area is 218 Å². The number of aromatic nitrogens is 2. The third-order valence-electron chi connectivity index (χ3n) is 6.42. The van der Waals surface area contributed by atoms with Gasteiger partial charge in [0, 0.05) is 21.8 Å². The normalized spacial score (nSPS) is 15.2. The number of benzene rings is 4. The molecule has 0 unspecified atom stereocenters. The molecule has 0 aliphatic carbocycles. The summed E-state index contributed by atoms with van der Waals surface area (Å²) >= 11 is 3.61. The maximum atomic E-state index is 5.39. The zero-order valence-electron chi connectivity index (χ0n) is 19.7. The second kappa shape index (κ2) is 9.55. The molecule has 0 spiro atoms. The van der Waals surface area contributed by atoms with Crippen LogP contribution in [0.2, 0.25) is 0 Å². The SMILES string of the molecule is COc1ccc([C@H]2CC(c3ccccc3)=NN2c2nc(-c3ccccc3)c3cc(Br)ccc3n2)cc1. The van der Waals surface area contributed by atoms with Crippen molar-refractivity contribution in [1.29, 1.82) is 0 Å². The highest BCUT2D eigenvalue weighted by Gasteiger charge is 2.32. The largest absolute Gasteiger partial charge is 0.497 e. The molecule has 5 aromatic rings. The van der Waals surface area contributed by atoms with Gasteiger partial charge in [0.1, 0.15) is 5.75 Å². The molecule has 0 saturated heterocycles. The highest BCUT2D eigenvalue weighted by molar-refractivity contribution is 9.10. The minimum absolute atomic E-state index is 0.0392. The van der Waals surface area contributed by atoms with Crippen LogP contribution in [0.1, 0.15) is 23.6 Å². The van der Waals surface area contributed by atoms with Crippen molar-refractivity contribution in [2.75, 3.05) is 12.1 Å². The number of methoxy groups -OCH3 is 1. The summed E-state index contributed by atoms with van der Waals surface area (Å²) in [5.41, 5.74) is 6.04. The lowest BCUT2D eigenvalue weighted by molar-refractivity contribution is 0.414. The highest BCUT2D eigenvalue weighted by Crippen LogP contribution is 2.38. The lowest BCUT2D eigenvalue weighted by Crippen LogP contribution is -2.21. The molecule has 0 radical (unpaired) electrons. The number of nitrogens with zero attached hydrogens (tertiary/aromatic N) is 4. The minimum Gasteiger partial charge on any atom is -0.497 e. The molecular weight excluding hydrogens is 512 g/mol. The van der Waals surface area contributed by atoms with E-state index in [1.54, 1.807) is 7.11 Å². The fourth-order valence-electron chi connectivity index (χ4n) is 4.59. The van der Waals surface area contributed by atoms with Gasteiger partial charge in [-0.15, -0.1) is 0 Å². The van der Waals surface area contributed by atoms with E-state index in [4.69, 9.17) is 19.8 Å². The molecule has 6 heteroatoms. The molecule has 0 fully saturated rings. The molecule has 0 saturated carbocycles. The van der Waals surface area contributed by atoms with Crippen LogP contribution >= 0.6 is 15.9 Å². The van der Waals surface area contributed by atoms with Crippen molar-refractivity contribution in [2.45, 2.75) is 12.5 Å². The smallest absolute Gasteiger partial charge is 0.247 e. The Hall–Kier alpha value is -4.03. The second-order valence-electron chi connectivity index (χ2n) is 8.65. The summed E-state index contributed by atoms with van der Waals surface area (Å²) in [7, 11) is 1.68. The van der Waals surface area contributed by atoms with Crippen molar-refractivity contribution in [3.8, 4) is 17.0 Å². The van der Waals surface area contributed by atoms with E-state index in [0.29, 0.717) is 5.95 Å². The molecule has 1 atom stereocenters. The molecule has 36 heavy (non-hydrogen) atoms. The van der Waals surface area contributed by atoms with Gasteiger partial charge in [-0.25, -0.2) is 15.0 Å². The topological polar surface area (TPSA) is 50.6 Å². The molecule has 1 aromatic heterocycles. The average Bonchev–Trinajstić information content (AvgIpc) is 3.39. The molecule has 1 aliphatic heterocycles. The Morgan fingerprint density at radius 2 is 1.50 bits per heavy atom. The molecule has 2 heterocycles. The zero-order chi connectivity index (χ0) is 24.5. The standard InChI is InChI=1S/C30H23BrN4O/c1-36-24-15-12-21(13-16-24)28-19-27(20-8-4-2-5-9-20)34-35(28)30-32-26-17-14-23(31)18-25(26)29(33-30)22-10-6-3-7-11-22/h2-18,28H,19H2,1H3/t28-/m1/s1. The highest BCUT2D eigenvalue weighted by atomic mass is 79.9. The number of hydrazone groups is 1. The van der Waals surface area contributed by atoms with Crippen LogP contribution in [0.4, 0.5) is 5.95 Å². The third-order valence-corrected chi connectivity index (χ3v) is 6.91. The molecule has 0 amide bonds. The van der Waals surface area contributed by atoms with Crippen LogP contribution in [-0.4, -0.2) is 22.8 Å². The van der Waals surface area contributed by atoms with E-state index < -0.39 is 0 Å². The number of fused-ring (bicyclic) bond motifs is 1. The van der Waals surface area contributed by atoms with Crippen molar-refractivity contribution in [3.63, 3.8) is 0 Å². The summed E-state index contributed by atoms with van der Waals surface area (Å²) in [6.45, 7) is 0. The monoisotopic (exact) mass is 534 g/mol. The minimum atomic E-state index is -0.0392. The van der Waals surface area contributed by atoms with Gasteiger partial charge in [-0.2, -0.15) is 5.10 Å². The maximum Gasteiger partial charge on any atom is 0.247 e. The van der Waals surface area contributed by atoms with Crippen molar-refractivity contribution in [2.24, 2.45) is 5.10 Å². The van der Waals surface area contributed by atoms with E-state index in [1.165, 1.54) is 0 Å². The van der Waals surface area contributed by atoms with Crippen molar-refractivity contribution in [3.05, 3.63) is 119 Å². The predicted octanol–water partition coefficient (Wildman–Crippen LogP) is 7.42. The maximum absolute atomic E-state index is 5.39. The van der Waals surface area contributed by atoms with Gasteiger partial charge in [-0.3, -0.25) is 0 Å². The Balaban J connectivity index is 1.52. The van der Waals surface area contributed by atoms with E-state index in [2.05, 4.69) is 58.4 Å². The van der Waals surface area contributed by atoms with Crippen LogP contribution in [0.25, 0.3) is 22.2 Å². The van der Waals surface area contributed by atoms with Crippen LogP contribution in [0.15, 0.2) is 113 Å². The number of ether oxygens (including phenoxy) is 1. The van der Waals surface area contributed by atoms with Gasteiger partial charge < -0.3 is 4.74 Å². The molecule has 4 aromatic carbocycles. The number of halogens is 1. The van der Waals surface area contributed by atoms with Crippen LogP contribution in [0, 0.1) is 0 Å². The van der Waals surface area contributed by atoms with E-state index in [-0.39, 0.29) is 6.04 Å². The first-order chi connectivity index (χ1) is 17.7. The van der Waals surface area contributed by atoms with E-state index >= 15 is 0 Å². The zero-order valence-corrected chi connectivity index (χ0v) is 21.3. The van der Waals surface area contributed by atoms with Crippen LogP contribution in [-0.2, 0) is 0 Å². The molecule has 176 valence electrons. The number of hydrogen-bond donors (Lipinski definition) is 0. The van der Waals surface area contributed by atoms with Gasteiger partial charge in [-0.1, -0.05) is 88.7 Å². The summed E-state index contributed by atoms with van der Waals surface area (Å²) < 4.78 is 6.38. The van der Waals surface area contributed by atoms with Crippen LogP contribution in [0.5, 0.6) is 5.75 Å². The Kier molecular flexibility index (Phi) is 5.95. The first-order valence-corrected chi connectivity index (χ1v) is 12.6. The molecule has 5 nitrogen and oxygen atoms in total. The summed E-state index contributed by atoms with van der Waals surface area (Å²) in [5.74, 6) is 1.40. The fourth-order valence-corrected chi connectivity index (χ4v) is 4.95. The van der Waals surface area contributed by atoms with E-state index in [0.717, 1.165) is 55.6 Å². The molecule has 6 rings (SSSR count). The summed E-state index contributed by atoms with van der Waals surface area (Å²) in [6, 6.07) is 34.8. The first-order valence-electron chi connectivity index (χ1n) is 11.8. The van der Waals surface area contributed by atoms with Gasteiger partial charge >= 0.3 is 0 Å². The average molecular weight is 535 g/mol. The van der Waals surface area contributed by atoms with Crippen molar-refractivity contribution < 1.29 is 4.74 Å². The fraction of sp³-hybridized carbons (Fsp3) is 0.100. The molecule has 0 bridgehead atoms. The first kappa shape index (κ1) is 22.4. The number of hydrogen-bond acceptors (Lipinski definition) is 5. The van der Waals surface area contributed by atoms with Gasteiger partial charge in [-0.05, 0) is 41.5 Å². The Morgan fingerprint density at radius 1 is 0.806 bits per heavy atom. The molecule has 0 N–H and O–H groups in total. The Morgan fingerprint density at radius 3 is 2.19 bits per heavy atom. The van der Waals surface area contributed by atoms with Gasteiger partial charge in [0.05, 0.1) is 30.1 Å². The molecule has 1 aliphatic rings.